The zero-order valence-corrected chi connectivity index (χ0v) is 9.03. The normalized spacial score (nSPS) is 11.6. The highest BCUT2D eigenvalue weighted by Gasteiger charge is 2.11. The van der Waals surface area contributed by atoms with Gasteiger partial charge in [0, 0.05) is 18.7 Å². The fourth-order valence-corrected chi connectivity index (χ4v) is 1.34. The molecule has 0 aliphatic rings. The van der Waals surface area contributed by atoms with Crippen LogP contribution in [0.25, 0.3) is 0 Å². The molecule has 4 heteroatoms. The summed E-state index contributed by atoms with van der Waals surface area (Å²) in [6.07, 6.45) is 0. The lowest BCUT2D eigenvalue weighted by Gasteiger charge is -2.23. The standard InChI is InChI=1S/C10H18N2O2/c1-8(2)12(4-5-13)7-10-6-9(3)11-14-10/h6,8,13H,4-5,7H2,1-3H3. The van der Waals surface area contributed by atoms with Crippen LogP contribution in [0.5, 0.6) is 0 Å². The van der Waals surface area contributed by atoms with Gasteiger partial charge in [-0.15, -0.1) is 0 Å². The average Bonchev–Trinajstić information content (AvgIpc) is 2.50. The van der Waals surface area contributed by atoms with Crippen molar-refractivity contribution in [1.82, 2.24) is 10.1 Å². The van der Waals surface area contributed by atoms with E-state index in [1.165, 1.54) is 0 Å². The predicted molar refractivity (Wildman–Crippen MR) is 53.9 cm³/mol. The molecule has 1 aromatic rings. The van der Waals surface area contributed by atoms with Crippen molar-refractivity contribution in [3.8, 4) is 0 Å². The molecule has 1 aromatic heterocycles. The number of aliphatic hydroxyl groups is 1. The molecule has 0 spiro atoms. The number of hydrogen-bond donors (Lipinski definition) is 1. The summed E-state index contributed by atoms with van der Waals surface area (Å²) in [5.41, 5.74) is 0.896. The van der Waals surface area contributed by atoms with Crippen LogP contribution < -0.4 is 0 Å². The smallest absolute Gasteiger partial charge is 0.150 e. The lowest BCUT2D eigenvalue weighted by Crippen LogP contribution is -2.32. The van der Waals surface area contributed by atoms with Crippen molar-refractivity contribution in [1.29, 1.82) is 0 Å². The van der Waals surface area contributed by atoms with E-state index in [2.05, 4.69) is 23.9 Å². The molecule has 0 saturated heterocycles. The highest BCUT2D eigenvalue weighted by atomic mass is 16.5. The summed E-state index contributed by atoms with van der Waals surface area (Å²) in [5, 5.41) is 12.7. The summed E-state index contributed by atoms with van der Waals surface area (Å²) in [4.78, 5) is 2.14. The Morgan fingerprint density at radius 3 is 2.71 bits per heavy atom. The first kappa shape index (κ1) is 11.2. The van der Waals surface area contributed by atoms with Gasteiger partial charge >= 0.3 is 0 Å². The second kappa shape index (κ2) is 5.12. The highest BCUT2D eigenvalue weighted by molar-refractivity contribution is 5.02. The molecule has 4 nitrogen and oxygen atoms in total. The van der Waals surface area contributed by atoms with Crippen LogP contribution in [-0.4, -0.2) is 34.4 Å². The van der Waals surface area contributed by atoms with Gasteiger partial charge in [-0.3, -0.25) is 4.90 Å². The number of rotatable bonds is 5. The van der Waals surface area contributed by atoms with Crippen molar-refractivity contribution in [2.75, 3.05) is 13.2 Å². The minimum absolute atomic E-state index is 0.172. The molecule has 0 atom stereocenters. The van der Waals surface area contributed by atoms with Gasteiger partial charge in [0.2, 0.25) is 0 Å². The average molecular weight is 198 g/mol. The molecule has 1 N–H and O–H groups in total. The van der Waals surface area contributed by atoms with Crippen molar-refractivity contribution in [3.05, 3.63) is 17.5 Å². The molecule has 0 aliphatic carbocycles. The fraction of sp³-hybridized carbons (Fsp3) is 0.700. The number of aromatic nitrogens is 1. The maximum absolute atomic E-state index is 8.88. The highest BCUT2D eigenvalue weighted by Crippen LogP contribution is 2.08. The zero-order chi connectivity index (χ0) is 10.6. The van der Waals surface area contributed by atoms with Gasteiger partial charge < -0.3 is 9.63 Å². The molecule has 0 amide bonds. The topological polar surface area (TPSA) is 49.5 Å². The Balaban J connectivity index is 2.55. The van der Waals surface area contributed by atoms with Gasteiger partial charge in [-0.05, 0) is 20.8 Å². The Kier molecular flexibility index (Phi) is 4.10. The molecular weight excluding hydrogens is 180 g/mol. The van der Waals surface area contributed by atoms with Gasteiger partial charge in [0.1, 0.15) is 0 Å². The molecule has 14 heavy (non-hydrogen) atoms. The van der Waals surface area contributed by atoms with Crippen molar-refractivity contribution in [2.24, 2.45) is 0 Å². The van der Waals surface area contributed by atoms with Crippen molar-refractivity contribution in [3.63, 3.8) is 0 Å². The summed E-state index contributed by atoms with van der Waals surface area (Å²) >= 11 is 0. The van der Waals surface area contributed by atoms with Gasteiger partial charge in [-0.1, -0.05) is 5.16 Å². The van der Waals surface area contributed by atoms with Gasteiger partial charge in [-0.25, -0.2) is 0 Å². The van der Waals surface area contributed by atoms with E-state index < -0.39 is 0 Å². The van der Waals surface area contributed by atoms with Crippen LogP contribution in [0.3, 0.4) is 0 Å². The maximum Gasteiger partial charge on any atom is 0.150 e. The molecule has 1 rings (SSSR count). The monoisotopic (exact) mass is 198 g/mol. The third kappa shape index (κ3) is 3.12. The van der Waals surface area contributed by atoms with E-state index in [-0.39, 0.29) is 6.61 Å². The van der Waals surface area contributed by atoms with E-state index in [9.17, 15) is 0 Å². The number of aliphatic hydroxyl groups excluding tert-OH is 1. The van der Waals surface area contributed by atoms with Gasteiger partial charge in [0.25, 0.3) is 0 Å². The predicted octanol–water partition coefficient (Wildman–Crippen LogP) is 1.19. The minimum atomic E-state index is 0.172. The molecule has 80 valence electrons. The van der Waals surface area contributed by atoms with E-state index in [4.69, 9.17) is 9.63 Å². The number of aryl methyl sites for hydroxylation is 1. The maximum atomic E-state index is 8.88. The third-order valence-electron chi connectivity index (χ3n) is 2.15. The Bertz CT molecular complexity index is 271. The van der Waals surface area contributed by atoms with Crippen LogP contribution >= 0.6 is 0 Å². The van der Waals surface area contributed by atoms with Crippen LogP contribution in [-0.2, 0) is 6.54 Å². The molecular formula is C10H18N2O2. The molecule has 0 fully saturated rings. The number of nitrogens with zero attached hydrogens (tertiary/aromatic N) is 2. The van der Waals surface area contributed by atoms with E-state index in [0.717, 1.165) is 11.5 Å². The van der Waals surface area contributed by atoms with E-state index >= 15 is 0 Å². The quantitative estimate of drug-likeness (QED) is 0.772. The Hall–Kier alpha value is -0.870. The van der Waals surface area contributed by atoms with Crippen LogP contribution in [0.4, 0.5) is 0 Å². The second-order valence-electron chi connectivity index (χ2n) is 3.72. The molecule has 0 saturated carbocycles. The first-order valence-corrected chi connectivity index (χ1v) is 4.90. The molecule has 0 aromatic carbocycles. The Morgan fingerprint density at radius 2 is 2.29 bits per heavy atom. The Morgan fingerprint density at radius 1 is 1.57 bits per heavy atom. The second-order valence-corrected chi connectivity index (χ2v) is 3.72. The van der Waals surface area contributed by atoms with E-state index in [0.29, 0.717) is 19.1 Å². The number of hydrogen-bond acceptors (Lipinski definition) is 4. The van der Waals surface area contributed by atoms with Crippen LogP contribution in [0.2, 0.25) is 0 Å². The van der Waals surface area contributed by atoms with Crippen molar-refractivity contribution >= 4 is 0 Å². The summed E-state index contributed by atoms with van der Waals surface area (Å²) < 4.78 is 5.12. The van der Waals surface area contributed by atoms with Crippen molar-refractivity contribution < 1.29 is 9.63 Å². The summed E-state index contributed by atoms with van der Waals surface area (Å²) in [6, 6.07) is 2.32. The molecule has 0 aliphatic heterocycles. The molecule has 0 bridgehead atoms. The third-order valence-corrected chi connectivity index (χ3v) is 2.15. The zero-order valence-electron chi connectivity index (χ0n) is 9.03. The SMILES string of the molecule is Cc1cc(CN(CCO)C(C)C)on1. The lowest BCUT2D eigenvalue weighted by atomic mass is 10.3. The summed E-state index contributed by atoms with van der Waals surface area (Å²) in [5.74, 6) is 0.852. The van der Waals surface area contributed by atoms with Crippen LogP contribution in [0, 0.1) is 6.92 Å². The van der Waals surface area contributed by atoms with Crippen LogP contribution in [0.1, 0.15) is 25.3 Å². The van der Waals surface area contributed by atoms with Crippen molar-refractivity contribution in [2.45, 2.75) is 33.4 Å². The minimum Gasteiger partial charge on any atom is -0.395 e. The van der Waals surface area contributed by atoms with Gasteiger partial charge in [0.15, 0.2) is 5.76 Å². The first-order valence-electron chi connectivity index (χ1n) is 4.90. The van der Waals surface area contributed by atoms with Gasteiger partial charge in [0.05, 0.1) is 18.8 Å². The largest absolute Gasteiger partial charge is 0.395 e. The Labute approximate surface area is 84.5 Å². The first-order chi connectivity index (χ1) is 6.63. The van der Waals surface area contributed by atoms with E-state index in [1.54, 1.807) is 0 Å². The van der Waals surface area contributed by atoms with E-state index in [1.807, 2.05) is 13.0 Å². The van der Waals surface area contributed by atoms with Gasteiger partial charge in [-0.2, -0.15) is 0 Å². The van der Waals surface area contributed by atoms with Crippen LogP contribution in [0.15, 0.2) is 10.6 Å². The summed E-state index contributed by atoms with van der Waals surface area (Å²) in [6.45, 7) is 7.64. The molecule has 0 radical (unpaired) electrons. The molecule has 0 unspecified atom stereocenters. The summed E-state index contributed by atoms with van der Waals surface area (Å²) in [7, 11) is 0. The molecule has 1 heterocycles. The lowest BCUT2D eigenvalue weighted by molar-refractivity contribution is 0.146. The fourth-order valence-electron chi connectivity index (χ4n) is 1.34.